The average Bonchev–Trinajstić information content (AvgIpc) is 2.26. The zero-order valence-electron chi connectivity index (χ0n) is 9.52. The summed E-state index contributed by atoms with van der Waals surface area (Å²) in [6.07, 6.45) is 2.24. The molecule has 0 atom stereocenters. The molecule has 6 nitrogen and oxygen atoms in total. The largest absolute Gasteiger partial charge is 0.256 e. The molecule has 0 amide bonds. The molecule has 0 radical (unpaired) electrons. The molecular formula is C10H14N2O4S2. The van der Waals surface area contributed by atoms with Gasteiger partial charge in [0, 0.05) is 6.04 Å². The summed E-state index contributed by atoms with van der Waals surface area (Å²) >= 11 is 0. The number of benzene rings is 1. The molecule has 1 aliphatic carbocycles. The van der Waals surface area contributed by atoms with Crippen LogP contribution in [0.1, 0.15) is 19.3 Å². The molecule has 0 bridgehead atoms. The van der Waals surface area contributed by atoms with Crippen molar-refractivity contribution in [1.82, 2.24) is 9.25 Å². The van der Waals surface area contributed by atoms with E-state index in [4.69, 9.17) is 0 Å². The van der Waals surface area contributed by atoms with E-state index >= 15 is 0 Å². The molecule has 1 aromatic carbocycles. The summed E-state index contributed by atoms with van der Waals surface area (Å²) in [7, 11) is -6.82. The van der Waals surface area contributed by atoms with Gasteiger partial charge in [0.15, 0.2) is 0 Å². The van der Waals surface area contributed by atoms with Crippen LogP contribution in [0.5, 0.6) is 0 Å². The first kappa shape index (κ1) is 13.5. The predicted molar refractivity (Wildman–Crippen MR) is 66.6 cm³/mol. The quantitative estimate of drug-likeness (QED) is 0.602. The average molecular weight is 290 g/mol. The normalized spacial score (nSPS) is 17.0. The minimum Gasteiger partial charge on any atom is -0.214 e. The molecule has 1 N–H and O–H groups in total. The van der Waals surface area contributed by atoms with Gasteiger partial charge in [-0.3, -0.25) is 0 Å². The minimum atomic E-state index is -3.82. The molecule has 0 heterocycles. The Balaban J connectivity index is 2.34. The van der Waals surface area contributed by atoms with Gasteiger partial charge in [-0.1, -0.05) is 24.6 Å². The van der Waals surface area contributed by atoms with Crippen LogP contribution in [-0.2, 0) is 20.9 Å². The van der Waals surface area contributed by atoms with Crippen molar-refractivity contribution < 1.29 is 16.8 Å². The maximum absolute atomic E-state index is 12.3. The molecule has 0 spiro atoms. The topological polar surface area (TPSA) is 83.6 Å². The minimum absolute atomic E-state index is 0.0845. The molecule has 1 aromatic rings. The summed E-state index contributed by atoms with van der Waals surface area (Å²) < 4.78 is 47.0. The highest BCUT2D eigenvalue weighted by molar-refractivity contribution is 7.89. The fourth-order valence-corrected chi connectivity index (χ4v) is 4.03. The Hall–Kier alpha value is -0.960. The second-order valence-electron chi connectivity index (χ2n) is 4.06. The maximum Gasteiger partial charge on any atom is 0.256 e. The molecule has 0 unspecified atom stereocenters. The Kier molecular flexibility index (Phi) is 4.00. The standard InChI is InChI=1S/C10H14N2O4S2/c13-17(14)11-12(9-5-4-6-9)18(15,16)10-7-2-1-3-8-10/h1-3,7-9,17H,4-6H2,(H,11,13,14). The maximum atomic E-state index is 12.3. The van der Waals surface area contributed by atoms with Crippen molar-refractivity contribution in [2.75, 3.05) is 0 Å². The highest BCUT2D eigenvalue weighted by atomic mass is 32.2. The number of thiol groups is 1. The molecule has 18 heavy (non-hydrogen) atoms. The van der Waals surface area contributed by atoms with Gasteiger partial charge in [0.05, 0.1) is 4.90 Å². The van der Waals surface area contributed by atoms with Crippen LogP contribution in [0, 0.1) is 0 Å². The van der Waals surface area contributed by atoms with Gasteiger partial charge >= 0.3 is 0 Å². The van der Waals surface area contributed by atoms with E-state index in [-0.39, 0.29) is 10.9 Å². The second-order valence-corrected chi connectivity index (χ2v) is 6.58. The number of nitrogens with one attached hydrogen (secondary N) is 1. The van der Waals surface area contributed by atoms with Crippen molar-refractivity contribution in [3.8, 4) is 0 Å². The van der Waals surface area contributed by atoms with Crippen LogP contribution >= 0.6 is 0 Å². The molecule has 0 aromatic heterocycles. The zero-order valence-corrected chi connectivity index (χ0v) is 11.2. The molecule has 2 rings (SSSR count). The van der Waals surface area contributed by atoms with Gasteiger partial charge in [0.2, 0.25) is 10.9 Å². The van der Waals surface area contributed by atoms with Crippen LogP contribution in [-0.4, -0.2) is 27.3 Å². The van der Waals surface area contributed by atoms with Crippen LogP contribution in [0.3, 0.4) is 0 Å². The summed E-state index contributed by atoms with van der Waals surface area (Å²) in [5.41, 5.74) is 0. The number of hydrogen-bond donors (Lipinski definition) is 2. The molecule has 1 fully saturated rings. The molecule has 1 saturated carbocycles. The van der Waals surface area contributed by atoms with E-state index in [0.29, 0.717) is 12.8 Å². The third-order valence-electron chi connectivity index (χ3n) is 2.89. The highest BCUT2D eigenvalue weighted by Crippen LogP contribution is 2.28. The van der Waals surface area contributed by atoms with Gasteiger partial charge in [-0.05, 0) is 25.0 Å². The van der Waals surface area contributed by atoms with Gasteiger partial charge in [0.25, 0.3) is 10.0 Å². The van der Waals surface area contributed by atoms with Gasteiger partial charge < -0.3 is 0 Å². The van der Waals surface area contributed by atoms with Crippen molar-refractivity contribution >= 4 is 20.9 Å². The van der Waals surface area contributed by atoms with Crippen LogP contribution in [0.4, 0.5) is 0 Å². The lowest BCUT2D eigenvalue weighted by molar-refractivity contribution is 0.201. The van der Waals surface area contributed by atoms with E-state index in [0.717, 1.165) is 10.8 Å². The first-order valence-electron chi connectivity index (χ1n) is 5.52. The molecule has 0 aliphatic heterocycles. The fraction of sp³-hybridized carbons (Fsp3) is 0.400. The Morgan fingerprint density at radius 3 is 2.22 bits per heavy atom. The van der Waals surface area contributed by atoms with Crippen molar-refractivity contribution in [2.45, 2.75) is 30.2 Å². The summed E-state index contributed by atoms with van der Waals surface area (Å²) in [5.74, 6) is 0. The van der Waals surface area contributed by atoms with E-state index in [9.17, 15) is 16.8 Å². The van der Waals surface area contributed by atoms with Gasteiger partial charge in [-0.15, -0.1) is 9.25 Å². The van der Waals surface area contributed by atoms with Crippen LogP contribution in [0.2, 0.25) is 0 Å². The smallest absolute Gasteiger partial charge is 0.214 e. The molecule has 0 saturated heterocycles. The Morgan fingerprint density at radius 2 is 1.78 bits per heavy atom. The van der Waals surface area contributed by atoms with Crippen molar-refractivity contribution in [2.24, 2.45) is 0 Å². The molecule has 100 valence electrons. The van der Waals surface area contributed by atoms with Gasteiger partial charge in [0.1, 0.15) is 0 Å². The molecule has 1 aliphatic rings. The lowest BCUT2D eigenvalue weighted by Gasteiger charge is -2.34. The van der Waals surface area contributed by atoms with Crippen molar-refractivity contribution in [3.63, 3.8) is 0 Å². The zero-order chi connectivity index (χ0) is 13.2. The third-order valence-corrected chi connectivity index (χ3v) is 5.18. The van der Waals surface area contributed by atoms with Gasteiger partial charge in [-0.2, -0.15) is 0 Å². The van der Waals surface area contributed by atoms with Crippen LogP contribution < -0.4 is 4.83 Å². The van der Waals surface area contributed by atoms with E-state index in [1.807, 2.05) is 4.83 Å². The lowest BCUT2D eigenvalue weighted by Crippen LogP contribution is -2.51. The van der Waals surface area contributed by atoms with Gasteiger partial charge in [-0.25, -0.2) is 16.8 Å². The van der Waals surface area contributed by atoms with E-state index in [1.165, 1.54) is 12.1 Å². The first-order valence-corrected chi connectivity index (χ1v) is 8.14. The Morgan fingerprint density at radius 1 is 1.17 bits per heavy atom. The summed E-state index contributed by atoms with van der Waals surface area (Å²) in [6.45, 7) is 0. The molecular weight excluding hydrogens is 276 g/mol. The van der Waals surface area contributed by atoms with Crippen molar-refractivity contribution in [1.29, 1.82) is 0 Å². The highest BCUT2D eigenvalue weighted by Gasteiger charge is 2.35. The number of sulfonamides is 1. The number of nitrogens with zero attached hydrogens (tertiary/aromatic N) is 1. The van der Waals surface area contributed by atoms with E-state index in [1.54, 1.807) is 18.2 Å². The van der Waals surface area contributed by atoms with Crippen LogP contribution in [0.15, 0.2) is 35.2 Å². The first-order chi connectivity index (χ1) is 8.51. The predicted octanol–water partition coefficient (Wildman–Crippen LogP) is 0.261. The summed E-state index contributed by atoms with van der Waals surface area (Å²) in [6, 6.07) is 7.50. The van der Waals surface area contributed by atoms with E-state index in [2.05, 4.69) is 0 Å². The lowest BCUT2D eigenvalue weighted by atomic mass is 9.94. The van der Waals surface area contributed by atoms with Crippen molar-refractivity contribution in [3.05, 3.63) is 30.3 Å². The summed E-state index contributed by atoms with van der Waals surface area (Å²) in [4.78, 5) is 2.10. The monoisotopic (exact) mass is 290 g/mol. The SMILES string of the molecule is O=[SH](=O)NN(C1CCC1)S(=O)(=O)c1ccccc1. The third kappa shape index (κ3) is 2.72. The second kappa shape index (κ2) is 5.35. The fourth-order valence-electron chi connectivity index (χ4n) is 1.74. The number of hydrogen-bond acceptors (Lipinski definition) is 4. The molecule has 8 heteroatoms. The summed E-state index contributed by atoms with van der Waals surface area (Å²) in [5, 5.41) is 0. The Bertz CT molecular complexity index is 571. The Labute approximate surface area is 108 Å². The number of rotatable bonds is 5. The van der Waals surface area contributed by atoms with Crippen LogP contribution in [0.25, 0.3) is 0 Å². The number of hydrazine groups is 1. The van der Waals surface area contributed by atoms with E-state index < -0.39 is 20.9 Å².